The van der Waals surface area contributed by atoms with Gasteiger partial charge in [-0.05, 0) is 42.0 Å². The summed E-state index contributed by atoms with van der Waals surface area (Å²) >= 11 is 0. The molecule has 1 aromatic carbocycles. The quantitative estimate of drug-likeness (QED) is 0.197. The topological polar surface area (TPSA) is 119 Å². The van der Waals surface area contributed by atoms with Crippen LogP contribution in [0.15, 0.2) is 82.0 Å². The molecule has 0 heterocycles. The normalized spacial score (nSPS) is 10.3. The number of carboxylic acid groups (broad SMARTS) is 2. The van der Waals surface area contributed by atoms with E-state index in [0.29, 0.717) is 18.4 Å². The van der Waals surface area contributed by atoms with Gasteiger partial charge < -0.3 is 10.2 Å². The van der Waals surface area contributed by atoms with Gasteiger partial charge in [0.15, 0.2) is 0 Å². The second-order valence-corrected chi connectivity index (χ2v) is 8.37. The van der Waals surface area contributed by atoms with Crippen molar-refractivity contribution >= 4 is 19.8 Å². The summed E-state index contributed by atoms with van der Waals surface area (Å²) in [5.41, 5.74) is 1.64. The van der Waals surface area contributed by atoms with E-state index in [9.17, 15) is 24.4 Å². The summed E-state index contributed by atoms with van der Waals surface area (Å²) in [5, 5.41) is 18.7. The monoisotopic (exact) mass is 504 g/mol. The number of rotatable bonds is 17. The molecule has 0 aliphatic heterocycles. The van der Waals surface area contributed by atoms with Gasteiger partial charge in [0.25, 0.3) is 0 Å². The molecule has 8 nitrogen and oxygen atoms in total. The largest absolute Gasteiger partial charge is 0.478 e. The second-order valence-electron chi connectivity index (χ2n) is 6.70. The molecule has 0 radical (unpaired) electrons. The van der Waals surface area contributed by atoms with Gasteiger partial charge in [-0.1, -0.05) is 36.5 Å². The summed E-state index contributed by atoms with van der Waals surface area (Å²) in [6, 6.07) is 1.42. The number of benzene rings is 1. The van der Waals surface area contributed by atoms with E-state index >= 15 is 0 Å². The van der Waals surface area contributed by atoms with Crippen molar-refractivity contribution in [1.82, 2.24) is 0 Å². The molecular weight excluding hydrogens is 471 g/mol. The molecule has 0 bridgehead atoms. The zero-order valence-corrected chi connectivity index (χ0v) is 20.7. The third kappa shape index (κ3) is 10.7. The molecule has 0 saturated heterocycles. The Morgan fingerprint density at radius 1 is 0.714 bits per heavy atom. The fourth-order valence-electron chi connectivity index (χ4n) is 2.90. The molecule has 0 aliphatic rings. The Morgan fingerprint density at radius 3 is 1.49 bits per heavy atom. The van der Waals surface area contributed by atoms with Gasteiger partial charge in [0.05, 0.1) is 30.9 Å². The zero-order chi connectivity index (χ0) is 26.9. The Bertz CT molecular complexity index is 956. The van der Waals surface area contributed by atoms with Crippen molar-refractivity contribution in [3.05, 3.63) is 110 Å². The Labute approximate surface area is 206 Å². The Kier molecular flexibility index (Phi) is 15.6. The van der Waals surface area contributed by atoms with E-state index in [2.05, 4.69) is 39.5 Å². The van der Waals surface area contributed by atoms with Crippen LogP contribution in [0.1, 0.15) is 37.4 Å². The van der Waals surface area contributed by atoms with Crippen LogP contribution >= 0.6 is 7.82 Å². The molecule has 0 atom stereocenters. The van der Waals surface area contributed by atoms with E-state index in [0.717, 1.165) is 11.1 Å². The molecule has 1 aromatic rings. The van der Waals surface area contributed by atoms with Crippen LogP contribution in [0.3, 0.4) is 0 Å². The molecular formula is C26H33O8P. The summed E-state index contributed by atoms with van der Waals surface area (Å²) in [6.45, 7) is 21.5. The number of carbonyl (C=O) groups is 2. The van der Waals surface area contributed by atoms with Crippen LogP contribution in [-0.2, 0) is 37.4 Å². The molecule has 0 saturated carbocycles. The zero-order valence-electron chi connectivity index (χ0n) is 19.8. The van der Waals surface area contributed by atoms with Crippen molar-refractivity contribution in [3.63, 3.8) is 0 Å². The van der Waals surface area contributed by atoms with E-state index < -0.39 is 19.8 Å². The van der Waals surface area contributed by atoms with Crippen LogP contribution in [0.25, 0.3) is 0 Å². The lowest BCUT2D eigenvalue weighted by Gasteiger charge is -2.17. The molecule has 0 aromatic heterocycles. The van der Waals surface area contributed by atoms with Gasteiger partial charge in [-0.25, -0.2) is 14.2 Å². The van der Waals surface area contributed by atoms with Crippen LogP contribution < -0.4 is 0 Å². The molecule has 9 heteroatoms. The maximum Gasteiger partial charge on any atom is 0.475 e. The molecule has 2 N–H and O–H groups in total. The molecule has 35 heavy (non-hydrogen) atoms. The number of hydrogen-bond acceptors (Lipinski definition) is 6. The van der Waals surface area contributed by atoms with Crippen LogP contribution in [0, 0.1) is 0 Å². The minimum absolute atomic E-state index is 0.103. The Hall–Kier alpha value is -3.29. The van der Waals surface area contributed by atoms with Crippen LogP contribution in [0.5, 0.6) is 0 Å². The van der Waals surface area contributed by atoms with Crippen molar-refractivity contribution < 1.29 is 37.9 Å². The standard InChI is InChI=1S/C17H18O4.C9H15O4P/c1-4-7-11-10-14(16(18)19)15(17(20)21)13(9-6-3)12(11)8-5-2;1-4-7-11-14(10,12-8-5-2)13-9-6-3/h4-6,10H,1-3,7-9H2,(H,18,19)(H,20,21);4-6H,1-3,7-9H2. The van der Waals surface area contributed by atoms with Gasteiger partial charge in [-0.15, -0.1) is 39.5 Å². The van der Waals surface area contributed by atoms with Gasteiger partial charge in [0.2, 0.25) is 0 Å². The number of aromatic carboxylic acids is 2. The third-order valence-electron chi connectivity index (χ3n) is 4.20. The summed E-state index contributed by atoms with van der Waals surface area (Å²) in [6.07, 6.45) is 10.5. The average molecular weight is 505 g/mol. The maximum atomic E-state index is 11.7. The Balaban J connectivity index is 0.000000720. The predicted octanol–water partition coefficient (Wildman–Crippen LogP) is 5.97. The first kappa shape index (κ1) is 31.7. The smallest absolute Gasteiger partial charge is 0.475 e. The second kappa shape index (κ2) is 17.2. The van der Waals surface area contributed by atoms with E-state index in [1.54, 1.807) is 18.2 Å². The van der Waals surface area contributed by atoms with Crippen LogP contribution in [-0.4, -0.2) is 42.0 Å². The fourth-order valence-corrected chi connectivity index (χ4v) is 3.99. The summed E-state index contributed by atoms with van der Waals surface area (Å²) < 4.78 is 26.3. The van der Waals surface area contributed by atoms with Crippen molar-refractivity contribution in [2.75, 3.05) is 19.8 Å². The number of phosphoric ester groups is 1. The first-order valence-electron chi connectivity index (χ1n) is 10.5. The highest BCUT2D eigenvalue weighted by Gasteiger charge is 2.25. The molecule has 0 aliphatic carbocycles. The minimum Gasteiger partial charge on any atom is -0.478 e. The maximum absolute atomic E-state index is 11.7. The van der Waals surface area contributed by atoms with E-state index in [-0.39, 0.29) is 37.4 Å². The Morgan fingerprint density at radius 2 is 1.14 bits per heavy atom. The first-order chi connectivity index (χ1) is 16.7. The van der Waals surface area contributed by atoms with Crippen molar-refractivity contribution in [3.8, 4) is 0 Å². The minimum atomic E-state index is -3.48. The van der Waals surface area contributed by atoms with E-state index in [1.165, 1.54) is 24.3 Å². The van der Waals surface area contributed by atoms with Crippen molar-refractivity contribution in [2.24, 2.45) is 0 Å². The summed E-state index contributed by atoms with van der Waals surface area (Å²) in [4.78, 5) is 22.9. The van der Waals surface area contributed by atoms with E-state index in [4.69, 9.17) is 13.6 Å². The van der Waals surface area contributed by atoms with Crippen molar-refractivity contribution in [2.45, 2.75) is 19.3 Å². The van der Waals surface area contributed by atoms with Gasteiger partial charge in [0, 0.05) is 0 Å². The number of phosphoric acid groups is 1. The highest BCUT2D eigenvalue weighted by molar-refractivity contribution is 7.48. The molecule has 0 fully saturated rings. The van der Waals surface area contributed by atoms with Gasteiger partial charge in [0.1, 0.15) is 0 Å². The predicted molar refractivity (Wildman–Crippen MR) is 138 cm³/mol. The lowest BCUT2D eigenvalue weighted by Crippen LogP contribution is -2.15. The third-order valence-corrected chi connectivity index (χ3v) is 5.59. The summed E-state index contributed by atoms with van der Waals surface area (Å²) in [7, 11) is -3.48. The lowest BCUT2D eigenvalue weighted by molar-refractivity contribution is 0.0650. The highest BCUT2D eigenvalue weighted by Crippen LogP contribution is 2.49. The highest BCUT2D eigenvalue weighted by atomic mass is 31.2. The van der Waals surface area contributed by atoms with Gasteiger partial charge in [-0.2, -0.15) is 0 Å². The molecule has 0 amide bonds. The molecule has 0 spiro atoms. The first-order valence-corrected chi connectivity index (χ1v) is 11.9. The van der Waals surface area contributed by atoms with Crippen molar-refractivity contribution in [1.29, 1.82) is 0 Å². The molecule has 190 valence electrons. The summed E-state index contributed by atoms with van der Waals surface area (Å²) in [5.74, 6) is -2.51. The fraction of sp³-hybridized carbons (Fsp3) is 0.231. The molecule has 0 unspecified atom stereocenters. The van der Waals surface area contributed by atoms with Crippen LogP contribution in [0.4, 0.5) is 0 Å². The van der Waals surface area contributed by atoms with E-state index in [1.807, 2.05) is 0 Å². The molecule has 1 rings (SSSR count). The lowest BCUT2D eigenvalue weighted by atomic mass is 9.87. The SMILES string of the molecule is C=CCOP(=O)(OCC=C)OCC=C.C=CCc1cc(C(=O)O)c(C(=O)O)c(CC=C)c1CC=C. The number of allylic oxidation sites excluding steroid dienone is 3. The number of carboxylic acids is 2. The average Bonchev–Trinajstić information content (AvgIpc) is 2.82. The van der Waals surface area contributed by atoms with Gasteiger partial charge >= 0.3 is 19.8 Å². The van der Waals surface area contributed by atoms with Gasteiger partial charge in [-0.3, -0.25) is 13.6 Å². The number of hydrogen-bond donors (Lipinski definition) is 2. The van der Waals surface area contributed by atoms with Crippen LogP contribution in [0.2, 0.25) is 0 Å².